The zero-order chi connectivity index (χ0) is 7.94. The van der Waals surface area contributed by atoms with Gasteiger partial charge in [-0.05, 0) is 25.2 Å². The summed E-state index contributed by atoms with van der Waals surface area (Å²) in [5, 5.41) is 2.59. The first-order valence-electron chi connectivity index (χ1n) is 4.18. The second-order valence-electron chi connectivity index (χ2n) is 2.94. The Hall–Kier alpha value is -0.570. The summed E-state index contributed by atoms with van der Waals surface area (Å²) in [6.45, 7) is 2.42. The predicted molar refractivity (Wildman–Crippen MR) is 42.2 cm³/mol. The molecule has 0 aromatic heterocycles. The second-order valence-corrected chi connectivity index (χ2v) is 2.94. The predicted octanol–water partition coefficient (Wildman–Crippen LogP) is 0.549. The van der Waals surface area contributed by atoms with E-state index in [1.54, 1.807) is 0 Å². The van der Waals surface area contributed by atoms with Gasteiger partial charge in [0.05, 0.1) is 0 Å². The van der Waals surface area contributed by atoms with Crippen molar-refractivity contribution in [3.63, 3.8) is 0 Å². The minimum absolute atomic E-state index is 0.723. The molecule has 1 rings (SSSR count). The highest BCUT2D eigenvalue weighted by atomic mass is 16.5. The molecular formula is C8H15NO2. The molecule has 0 saturated heterocycles. The summed E-state index contributed by atoms with van der Waals surface area (Å²) in [6, 6.07) is 0. The Balaban J connectivity index is 1.69. The van der Waals surface area contributed by atoms with E-state index in [4.69, 9.17) is 4.74 Å². The highest BCUT2D eigenvalue weighted by Gasteiger charge is 2.20. The Labute approximate surface area is 67.1 Å². The van der Waals surface area contributed by atoms with E-state index in [0.717, 1.165) is 38.5 Å². The fourth-order valence-corrected chi connectivity index (χ4v) is 0.870. The lowest BCUT2D eigenvalue weighted by atomic mass is 10.4. The average molecular weight is 157 g/mol. The molecule has 1 aliphatic rings. The summed E-state index contributed by atoms with van der Waals surface area (Å²) < 4.78 is 5.35. The zero-order valence-corrected chi connectivity index (χ0v) is 6.71. The minimum Gasteiger partial charge on any atom is -0.381 e. The van der Waals surface area contributed by atoms with Crippen LogP contribution in [-0.2, 0) is 9.53 Å². The highest BCUT2D eigenvalue weighted by molar-refractivity contribution is 5.45. The van der Waals surface area contributed by atoms with Crippen molar-refractivity contribution in [2.75, 3.05) is 19.8 Å². The van der Waals surface area contributed by atoms with Gasteiger partial charge >= 0.3 is 0 Å². The number of amides is 1. The molecule has 1 fully saturated rings. The van der Waals surface area contributed by atoms with Gasteiger partial charge in [-0.1, -0.05) is 0 Å². The average Bonchev–Trinajstić information content (AvgIpc) is 2.80. The van der Waals surface area contributed by atoms with Crippen LogP contribution in [0.4, 0.5) is 0 Å². The van der Waals surface area contributed by atoms with Gasteiger partial charge in [-0.2, -0.15) is 0 Å². The summed E-state index contributed by atoms with van der Waals surface area (Å²) >= 11 is 0. The first-order chi connectivity index (χ1) is 5.43. The van der Waals surface area contributed by atoms with Gasteiger partial charge < -0.3 is 10.1 Å². The molecule has 64 valence electrons. The minimum atomic E-state index is 0.723. The van der Waals surface area contributed by atoms with Gasteiger partial charge in [-0.15, -0.1) is 0 Å². The number of hydrogen-bond acceptors (Lipinski definition) is 2. The van der Waals surface area contributed by atoms with Crippen molar-refractivity contribution in [1.29, 1.82) is 0 Å². The van der Waals surface area contributed by atoms with Gasteiger partial charge in [0.15, 0.2) is 0 Å². The summed E-state index contributed by atoms with van der Waals surface area (Å²) in [5.74, 6) is 0.842. The van der Waals surface area contributed by atoms with Crippen LogP contribution in [0.1, 0.15) is 19.3 Å². The lowest BCUT2D eigenvalue weighted by Gasteiger charge is -2.01. The van der Waals surface area contributed by atoms with E-state index >= 15 is 0 Å². The molecule has 0 heterocycles. The number of hydrogen-bond donors (Lipinski definition) is 1. The van der Waals surface area contributed by atoms with Gasteiger partial charge in [0, 0.05) is 19.8 Å². The van der Waals surface area contributed by atoms with Crippen LogP contribution in [0.15, 0.2) is 0 Å². The van der Waals surface area contributed by atoms with Crippen LogP contribution in [0.5, 0.6) is 0 Å². The normalized spacial score (nSPS) is 16.4. The van der Waals surface area contributed by atoms with E-state index in [1.807, 2.05) is 0 Å². The van der Waals surface area contributed by atoms with Gasteiger partial charge in [0.2, 0.25) is 6.41 Å². The molecule has 3 nitrogen and oxygen atoms in total. The molecule has 1 N–H and O–H groups in total. The lowest BCUT2D eigenvalue weighted by Crippen LogP contribution is -2.14. The Kier molecular flexibility index (Phi) is 3.98. The van der Waals surface area contributed by atoms with Crippen LogP contribution in [0, 0.1) is 5.92 Å². The maximum atomic E-state index is 9.80. The van der Waals surface area contributed by atoms with Crippen LogP contribution in [0.25, 0.3) is 0 Å². The zero-order valence-electron chi connectivity index (χ0n) is 6.71. The van der Waals surface area contributed by atoms with Crippen LogP contribution in [0.2, 0.25) is 0 Å². The van der Waals surface area contributed by atoms with Crippen molar-refractivity contribution in [2.45, 2.75) is 19.3 Å². The maximum absolute atomic E-state index is 9.80. The molecular weight excluding hydrogens is 142 g/mol. The largest absolute Gasteiger partial charge is 0.381 e. The number of carbonyl (C=O) groups excluding carboxylic acids is 1. The molecule has 0 unspecified atom stereocenters. The van der Waals surface area contributed by atoms with E-state index in [0.29, 0.717) is 0 Å². The molecule has 0 spiro atoms. The third kappa shape index (κ3) is 4.79. The van der Waals surface area contributed by atoms with E-state index in [2.05, 4.69) is 5.32 Å². The molecule has 0 aromatic carbocycles. The second kappa shape index (κ2) is 5.13. The van der Waals surface area contributed by atoms with E-state index in [9.17, 15) is 4.79 Å². The van der Waals surface area contributed by atoms with E-state index < -0.39 is 0 Å². The van der Waals surface area contributed by atoms with Gasteiger partial charge in [0.1, 0.15) is 0 Å². The van der Waals surface area contributed by atoms with Crippen LogP contribution < -0.4 is 5.32 Å². The first-order valence-corrected chi connectivity index (χ1v) is 4.18. The van der Waals surface area contributed by atoms with Crippen molar-refractivity contribution in [3.05, 3.63) is 0 Å². The monoisotopic (exact) mass is 157 g/mol. The third-order valence-electron chi connectivity index (χ3n) is 1.74. The standard InChI is InChI=1S/C8H15NO2/c10-7-9-4-1-5-11-6-8-2-3-8/h7-8H,1-6H2,(H,9,10). The Morgan fingerprint density at radius 2 is 2.36 bits per heavy atom. The highest BCUT2D eigenvalue weighted by Crippen LogP contribution is 2.28. The van der Waals surface area contributed by atoms with Crippen LogP contribution in [-0.4, -0.2) is 26.2 Å². The Bertz CT molecular complexity index is 113. The topological polar surface area (TPSA) is 38.3 Å². The molecule has 1 aliphatic carbocycles. The maximum Gasteiger partial charge on any atom is 0.207 e. The van der Waals surface area contributed by atoms with Crippen molar-refractivity contribution in [2.24, 2.45) is 5.92 Å². The van der Waals surface area contributed by atoms with Gasteiger partial charge in [-0.3, -0.25) is 4.79 Å². The smallest absolute Gasteiger partial charge is 0.207 e. The molecule has 0 atom stereocenters. The molecule has 0 radical (unpaired) electrons. The van der Waals surface area contributed by atoms with Crippen molar-refractivity contribution in [3.8, 4) is 0 Å². The van der Waals surface area contributed by atoms with E-state index in [-0.39, 0.29) is 0 Å². The van der Waals surface area contributed by atoms with Crippen molar-refractivity contribution >= 4 is 6.41 Å². The fourth-order valence-electron chi connectivity index (χ4n) is 0.870. The van der Waals surface area contributed by atoms with Crippen LogP contribution >= 0.6 is 0 Å². The molecule has 1 amide bonds. The third-order valence-corrected chi connectivity index (χ3v) is 1.74. The first kappa shape index (κ1) is 8.53. The Morgan fingerprint density at radius 3 is 3.00 bits per heavy atom. The number of carbonyl (C=O) groups is 1. The lowest BCUT2D eigenvalue weighted by molar-refractivity contribution is -0.109. The molecule has 0 aromatic rings. The summed E-state index contributed by atoms with van der Waals surface area (Å²) in [5.41, 5.74) is 0. The van der Waals surface area contributed by atoms with Crippen molar-refractivity contribution in [1.82, 2.24) is 5.32 Å². The SMILES string of the molecule is O=CNCCCOCC1CC1. The summed E-state index contributed by atoms with van der Waals surface area (Å²) in [4.78, 5) is 9.80. The summed E-state index contributed by atoms with van der Waals surface area (Å²) in [6.07, 6.45) is 4.32. The quantitative estimate of drug-likeness (QED) is 0.433. The number of rotatable bonds is 7. The molecule has 11 heavy (non-hydrogen) atoms. The number of ether oxygens (including phenoxy) is 1. The number of nitrogens with one attached hydrogen (secondary N) is 1. The van der Waals surface area contributed by atoms with Gasteiger partial charge in [0.25, 0.3) is 0 Å². The van der Waals surface area contributed by atoms with Crippen molar-refractivity contribution < 1.29 is 9.53 Å². The molecule has 3 heteroatoms. The molecule has 0 bridgehead atoms. The summed E-state index contributed by atoms with van der Waals surface area (Å²) in [7, 11) is 0. The fraction of sp³-hybridized carbons (Fsp3) is 0.875. The molecule has 1 saturated carbocycles. The van der Waals surface area contributed by atoms with Gasteiger partial charge in [-0.25, -0.2) is 0 Å². The van der Waals surface area contributed by atoms with Crippen LogP contribution in [0.3, 0.4) is 0 Å². The Morgan fingerprint density at radius 1 is 1.55 bits per heavy atom. The molecule has 0 aliphatic heterocycles. The van der Waals surface area contributed by atoms with E-state index in [1.165, 1.54) is 12.8 Å².